The van der Waals surface area contributed by atoms with Gasteiger partial charge in [0.2, 0.25) is 0 Å². The number of benzene rings is 1. The summed E-state index contributed by atoms with van der Waals surface area (Å²) < 4.78 is 0. The van der Waals surface area contributed by atoms with Crippen molar-refractivity contribution >= 4 is 16.8 Å². The van der Waals surface area contributed by atoms with Gasteiger partial charge in [0.1, 0.15) is 0 Å². The first-order chi connectivity index (χ1) is 11.5. The van der Waals surface area contributed by atoms with Crippen LogP contribution in [0.3, 0.4) is 0 Å². The second-order valence-electron chi connectivity index (χ2n) is 7.17. The van der Waals surface area contributed by atoms with Crippen LogP contribution < -0.4 is 0 Å². The second kappa shape index (κ2) is 6.49. The molecule has 2 N–H and O–H groups in total. The van der Waals surface area contributed by atoms with Gasteiger partial charge in [-0.1, -0.05) is 25.1 Å². The molecule has 0 radical (unpaired) electrons. The smallest absolute Gasteiger partial charge is 0.254 e. The van der Waals surface area contributed by atoms with E-state index in [0.717, 1.165) is 29.4 Å². The zero-order valence-corrected chi connectivity index (χ0v) is 14.2. The number of pyridine rings is 1. The molecule has 1 saturated carbocycles. The van der Waals surface area contributed by atoms with Crippen molar-refractivity contribution in [2.24, 2.45) is 5.41 Å². The topological polar surface area (TPSA) is 73.7 Å². The molecule has 1 aromatic carbocycles. The van der Waals surface area contributed by atoms with Crippen LogP contribution in [0.2, 0.25) is 0 Å². The molecule has 0 aliphatic heterocycles. The van der Waals surface area contributed by atoms with Crippen molar-refractivity contribution in [1.82, 2.24) is 9.88 Å². The fraction of sp³-hybridized carbons (Fsp3) is 0.474. The van der Waals surface area contributed by atoms with Gasteiger partial charge in [0.05, 0.1) is 24.3 Å². The second-order valence-corrected chi connectivity index (χ2v) is 7.17. The molecular weight excluding hydrogens is 304 g/mol. The molecule has 24 heavy (non-hydrogen) atoms. The third-order valence-corrected chi connectivity index (χ3v) is 4.69. The molecule has 1 aromatic heterocycles. The summed E-state index contributed by atoms with van der Waals surface area (Å²) in [4.78, 5) is 19.3. The molecule has 0 atom stereocenters. The lowest BCUT2D eigenvalue weighted by atomic mass is 9.92. The molecule has 2 aromatic rings. The maximum Gasteiger partial charge on any atom is 0.254 e. The number of rotatable bonds is 6. The largest absolute Gasteiger partial charge is 0.396 e. The van der Waals surface area contributed by atoms with Crippen LogP contribution in [-0.2, 0) is 0 Å². The van der Waals surface area contributed by atoms with E-state index in [1.165, 1.54) is 0 Å². The number of amides is 1. The van der Waals surface area contributed by atoms with Gasteiger partial charge in [-0.05, 0) is 25.0 Å². The van der Waals surface area contributed by atoms with E-state index in [4.69, 9.17) is 4.98 Å². The van der Waals surface area contributed by atoms with E-state index in [1.54, 1.807) is 18.9 Å². The predicted molar refractivity (Wildman–Crippen MR) is 93.0 cm³/mol. The number of aliphatic hydroxyl groups is 2. The third kappa shape index (κ3) is 3.28. The molecule has 128 valence electrons. The summed E-state index contributed by atoms with van der Waals surface area (Å²) in [5, 5.41) is 19.8. The van der Waals surface area contributed by atoms with E-state index in [1.807, 2.05) is 30.3 Å². The van der Waals surface area contributed by atoms with Gasteiger partial charge in [-0.25, -0.2) is 0 Å². The minimum Gasteiger partial charge on any atom is -0.396 e. The van der Waals surface area contributed by atoms with Crippen LogP contribution in [0.4, 0.5) is 0 Å². The average Bonchev–Trinajstić information content (AvgIpc) is 3.45. The summed E-state index contributed by atoms with van der Waals surface area (Å²) in [6.07, 6.45) is 2.25. The Morgan fingerprint density at radius 3 is 2.58 bits per heavy atom. The quantitative estimate of drug-likeness (QED) is 0.852. The van der Waals surface area contributed by atoms with Crippen LogP contribution in [0.15, 0.2) is 30.3 Å². The maximum absolute atomic E-state index is 13.0. The first-order valence-corrected chi connectivity index (χ1v) is 8.34. The molecule has 1 aliphatic carbocycles. The number of hydrogen-bond acceptors (Lipinski definition) is 4. The fourth-order valence-corrected chi connectivity index (χ4v) is 2.96. The Kier molecular flexibility index (Phi) is 4.56. The predicted octanol–water partition coefficient (Wildman–Crippen LogP) is 2.18. The van der Waals surface area contributed by atoms with E-state index in [0.29, 0.717) is 11.5 Å². The zero-order chi connectivity index (χ0) is 17.3. The van der Waals surface area contributed by atoms with Gasteiger partial charge in [-0.2, -0.15) is 0 Å². The first kappa shape index (κ1) is 16.9. The monoisotopic (exact) mass is 328 g/mol. The molecule has 0 bridgehead atoms. The molecule has 3 rings (SSSR count). The van der Waals surface area contributed by atoms with E-state index >= 15 is 0 Å². The normalized spacial score (nSPS) is 14.8. The van der Waals surface area contributed by atoms with Crippen molar-refractivity contribution in [3.8, 4) is 0 Å². The van der Waals surface area contributed by atoms with Gasteiger partial charge in [0.25, 0.3) is 5.91 Å². The lowest BCUT2D eigenvalue weighted by molar-refractivity contribution is 0.0367. The third-order valence-electron chi connectivity index (χ3n) is 4.69. The highest BCUT2D eigenvalue weighted by atomic mass is 16.3. The Bertz CT molecular complexity index is 751. The summed E-state index contributed by atoms with van der Waals surface area (Å²) >= 11 is 0. The molecule has 1 heterocycles. The highest BCUT2D eigenvalue weighted by Crippen LogP contribution is 2.40. The van der Waals surface area contributed by atoms with Gasteiger partial charge < -0.3 is 15.1 Å². The van der Waals surface area contributed by atoms with Gasteiger partial charge >= 0.3 is 0 Å². The van der Waals surface area contributed by atoms with Crippen LogP contribution >= 0.6 is 0 Å². The standard InChI is InChI=1S/C19H24N2O3/c1-19(11-22,12-23)10-21(2)18(24)15-9-17(13-7-8-13)20-16-6-4-3-5-14(15)16/h3-6,9,13,22-23H,7-8,10-12H2,1-2H3. The molecule has 0 saturated heterocycles. The van der Waals surface area contributed by atoms with Crippen molar-refractivity contribution in [1.29, 1.82) is 0 Å². The molecule has 1 aliphatic rings. The van der Waals surface area contributed by atoms with E-state index in [-0.39, 0.29) is 25.7 Å². The van der Waals surface area contributed by atoms with Crippen LogP contribution in [0.25, 0.3) is 10.9 Å². The lowest BCUT2D eigenvalue weighted by Gasteiger charge is -2.30. The molecular formula is C19H24N2O3. The highest BCUT2D eigenvalue weighted by Gasteiger charge is 2.30. The van der Waals surface area contributed by atoms with Crippen LogP contribution in [0.1, 0.15) is 41.7 Å². The summed E-state index contributed by atoms with van der Waals surface area (Å²) in [5.74, 6) is 0.357. The van der Waals surface area contributed by atoms with E-state index in [2.05, 4.69) is 0 Å². The Hall–Kier alpha value is -1.98. The summed E-state index contributed by atoms with van der Waals surface area (Å²) in [6, 6.07) is 9.59. The van der Waals surface area contributed by atoms with Crippen molar-refractivity contribution in [3.05, 3.63) is 41.6 Å². The Balaban J connectivity index is 1.96. The number of carbonyl (C=O) groups is 1. The number of fused-ring (bicyclic) bond motifs is 1. The first-order valence-electron chi connectivity index (χ1n) is 8.34. The lowest BCUT2D eigenvalue weighted by Crippen LogP contribution is -2.41. The number of hydrogen-bond donors (Lipinski definition) is 2. The number of para-hydroxylation sites is 1. The number of nitrogens with zero attached hydrogens (tertiary/aromatic N) is 2. The van der Waals surface area contributed by atoms with Gasteiger partial charge in [0, 0.05) is 36.0 Å². The van der Waals surface area contributed by atoms with Gasteiger partial charge in [-0.3, -0.25) is 9.78 Å². The zero-order valence-electron chi connectivity index (χ0n) is 14.2. The van der Waals surface area contributed by atoms with Gasteiger partial charge in [-0.15, -0.1) is 0 Å². The Labute approximate surface area is 141 Å². The number of aromatic nitrogens is 1. The SMILES string of the molecule is CN(CC(C)(CO)CO)C(=O)c1cc(C2CC2)nc2ccccc12. The van der Waals surface area contributed by atoms with Crippen LogP contribution in [0.5, 0.6) is 0 Å². The molecule has 1 amide bonds. The fourth-order valence-electron chi connectivity index (χ4n) is 2.96. The van der Waals surface area contributed by atoms with Crippen molar-refractivity contribution in [3.63, 3.8) is 0 Å². The number of carbonyl (C=O) groups excluding carboxylic acids is 1. The van der Waals surface area contributed by atoms with E-state index in [9.17, 15) is 15.0 Å². The Morgan fingerprint density at radius 1 is 1.29 bits per heavy atom. The Morgan fingerprint density at radius 2 is 1.96 bits per heavy atom. The minimum absolute atomic E-state index is 0.108. The van der Waals surface area contributed by atoms with E-state index < -0.39 is 5.41 Å². The van der Waals surface area contributed by atoms with Crippen molar-refractivity contribution < 1.29 is 15.0 Å². The molecule has 5 heteroatoms. The van der Waals surface area contributed by atoms with Gasteiger partial charge in [0.15, 0.2) is 0 Å². The van der Waals surface area contributed by atoms with Crippen molar-refractivity contribution in [2.45, 2.75) is 25.7 Å². The van der Waals surface area contributed by atoms with Crippen LogP contribution in [-0.4, -0.2) is 52.8 Å². The van der Waals surface area contributed by atoms with Crippen LogP contribution in [0, 0.1) is 5.41 Å². The highest BCUT2D eigenvalue weighted by molar-refractivity contribution is 6.06. The summed E-state index contributed by atoms with van der Waals surface area (Å²) in [6.45, 7) is 1.70. The average molecular weight is 328 g/mol. The minimum atomic E-state index is -0.716. The summed E-state index contributed by atoms with van der Waals surface area (Å²) in [5.41, 5.74) is 1.75. The molecule has 5 nitrogen and oxygen atoms in total. The molecule has 0 unspecified atom stereocenters. The van der Waals surface area contributed by atoms with Crippen molar-refractivity contribution in [2.75, 3.05) is 26.8 Å². The summed E-state index contributed by atoms with van der Waals surface area (Å²) in [7, 11) is 1.71. The molecule has 1 fully saturated rings. The molecule has 0 spiro atoms. The maximum atomic E-state index is 13.0. The number of aliphatic hydroxyl groups excluding tert-OH is 2.